The number of unbranched alkanes of at least 4 members (excludes halogenated alkanes) is 2. The minimum atomic E-state index is -4.85. The minimum absolute atomic E-state index is 0.0396. The maximum Gasteiger partial charge on any atom is 0.333 e. The molecule has 2 heterocycles. The fourth-order valence-corrected chi connectivity index (χ4v) is 4.24. The lowest BCUT2D eigenvalue weighted by Crippen LogP contribution is -2.36. The summed E-state index contributed by atoms with van der Waals surface area (Å²) < 4.78 is 61.9. The summed E-state index contributed by atoms with van der Waals surface area (Å²) >= 11 is 0. The van der Waals surface area contributed by atoms with Gasteiger partial charge in [0.25, 0.3) is 43.9 Å². The average Bonchev–Trinajstić information content (AvgIpc) is 3.12. The summed E-state index contributed by atoms with van der Waals surface area (Å²) in [7, 11) is -9.69. The van der Waals surface area contributed by atoms with Crippen LogP contribution in [0, 0.1) is 0 Å². The Bertz CT molecular complexity index is 1010. The summed E-state index contributed by atoms with van der Waals surface area (Å²) in [6, 6.07) is 0. The lowest BCUT2D eigenvalue weighted by Gasteiger charge is -2.13. The van der Waals surface area contributed by atoms with Crippen molar-refractivity contribution in [2.24, 2.45) is 0 Å². The lowest BCUT2D eigenvalue weighted by molar-refractivity contribution is -0.197. The Morgan fingerprint density at radius 1 is 0.727 bits per heavy atom. The summed E-state index contributed by atoms with van der Waals surface area (Å²) in [5.41, 5.74) is 0. The Hall–Kier alpha value is -2.96. The maximum absolute atomic E-state index is 11.8. The number of hydrogen-bond donors (Lipinski definition) is 2. The van der Waals surface area contributed by atoms with Crippen molar-refractivity contribution in [3.05, 3.63) is 0 Å². The van der Waals surface area contributed by atoms with Crippen molar-refractivity contribution in [1.29, 1.82) is 0 Å². The molecule has 0 bridgehead atoms. The molecule has 2 aliphatic rings. The summed E-state index contributed by atoms with van der Waals surface area (Å²) in [6.07, 6.45) is -2.02. The molecule has 16 nitrogen and oxygen atoms in total. The third-order valence-electron chi connectivity index (χ3n) is 4.49. The van der Waals surface area contributed by atoms with E-state index in [4.69, 9.17) is 9.11 Å². The molecule has 0 radical (unpaired) electrons. The monoisotopic (exact) mass is 514 g/mol. The molecule has 4 amide bonds. The maximum atomic E-state index is 11.8. The standard InChI is InChI=1S/C15H18N2O14S2/c18-10-6-8(32(24,25)26)14(22)16(10)30-12(20)4-2-1-3-5-13(21)31-17-11(19)7-9(15(17)23)33(27,28)29/h8-9H,1-7H2,(H,24,25,26)(H,27,28,29)/t8-,9-/m0/s1. The van der Waals surface area contributed by atoms with Crippen LogP contribution in [0.1, 0.15) is 44.9 Å². The van der Waals surface area contributed by atoms with Crippen molar-refractivity contribution < 1.29 is 64.4 Å². The summed E-state index contributed by atoms with van der Waals surface area (Å²) in [4.78, 5) is 79.2. The predicted octanol–water partition coefficient (Wildman–Crippen LogP) is -2.12. The molecule has 2 fully saturated rings. The largest absolute Gasteiger partial charge is 0.333 e. The van der Waals surface area contributed by atoms with E-state index >= 15 is 0 Å². The van der Waals surface area contributed by atoms with Crippen molar-refractivity contribution in [2.75, 3.05) is 0 Å². The van der Waals surface area contributed by atoms with Gasteiger partial charge in [-0.15, -0.1) is 10.1 Å². The van der Waals surface area contributed by atoms with E-state index in [-0.39, 0.29) is 42.2 Å². The van der Waals surface area contributed by atoms with E-state index in [1.165, 1.54) is 0 Å². The first-order chi connectivity index (χ1) is 15.1. The van der Waals surface area contributed by atoms with Crippen molar-refractivity contribution in [3.63, 3.8) is 0 Å². The van der Waals surface area contributed by atoms with Crippen LogP contribution < -0.4 is 0 Å². The number of carbonyl (C=O) groups is 6. The summed E-state index contributed by atoms with van der Waals surface area (Å²) in [6.45, 7) is 0. The molecular weight excluding hydrogens is 496 g/mol. The van der Waals surface area contributed by atoms with E-state index < -0.39 is 79.1 Å². The number of carbonyl (C=O) groups excluding carboxylic acids is 6. The Labute approximate surface area is 186 Å². The number of nitrogens with zero attached hydrogens (tertiary/aromatic N) is 2. The third-order valence-corrected chi connectivity index (χ3v) is 6.67. The Morgan fingerprint density at radius 2 is 1.06 bits per heavy atom. The highest BCUT2D eigenvalue weighted by Crippen LogP contribution is 2.21. The second-order valence-electron chi connectivity index (χ2n) is 6.96. The van der Waals surface area contributed by atoms with Gasteiger partial charge in [-0.25, -0.2) is 9.59 Å². The highest BCUT2D eigenvalue weighted by molar-refractivity contribution is 7.87. The van der Waals surface area contributed by atoms with E-state index in [1.807, 2.05) is 0 Å². The van der Waals surface area contributed by atoms with Crippen LogP contribution in [-0.4, -0.2) is 82.1 Å². The molecule has 2 aliphatic heterocycles. The Kier molecular flexibility index (Phi) is 7.88. The van der Waals surface area contributed by atoms with Gasteiger partial charge in [0.15, 0.2) is 10.5 Å². The first-order valence-electron chi connectivity index (χ1n) is 9.20. The van der Waals surface area contributed by atoms with Crippen molar-refractivity contribution >= 4 is 55.8 Å². The van der Waals surface area contributed by atoms with Gasteiger partial charge in [-0.05, 0) is 12.8 Å². The van der Waals surface area contributed by atoms with Gasteiger partial charge < -0.3 is 9.68 Å². The van der Waals surface area contributed by atoms with Crippen LogP contribution >= 0.6 is 0 Å². The molecule has 2 N–H and O–H groups in total. The van der Waals surface area contributed by atoms with Crippen LogP contribution in [0.3, 0.4) is 0 Å². The van der Waals surface area contributed by atoms with Gasteiger partial charge >= 0.3 is 11.9 Å². The topological polar surface area (TPSA) is 236 Å². The Morgan fingerprint density at radius 3 is 1.33 bits per heavy atom. The lowest BCUT2D eigenvalue weighted by atomic mass is 10.1. The van der Waals surface area contributed by atoms with Gasteiger partial charge in [0.05, 0.1) is 12.8 Å². The molecule has 33 heavy (non-hydrogen) atoms. The van der Waals surface area contributed by atoms with Crippen LogP contribution in [0.4, 0.5) is 0 Å². The number of hydroxylamine groups is 4. The molecule has 2 rings (SSSR count). The van der Waals surface area contributed by atoms with Crippen LogP contribution in [0.25, 0.3) is 0 Å². The molecule has 18 heteroatoms. The smallest absolute Gasteiger partial charge is 0.330 e. The first kappa shape index (κ1) is 26.3. The highest BCUT2D eigenvalue weighted by atomic mass is 32.2. The third kappa shape index (κ3) is 6.53. The van der Waals surface area contributed by atoms with E-state index in [9.17, 15) is 45.6 Å². The second kappa shape index (κ2) is 9.89. The van der Waals surface area contributed by atoms with E-state index in [0.29, 0.717) is 0 Å². The second-order valence-corrected chi connectivity index (χ2v) is 10.2. The number of rotatable bonds is 10. The van der Waals surface area contributed by atoms with Crippen LogP contribution in [-0.2, 0) is 58.7 Å². The summed E-state index contributed by atoms with van der Waals surface area (Å²) in [5, 5.41) is -4.18. The summed E-state index contributed by atoms with van der Waals surface area (Å²) in [5.74, 6) is -7.16. The van der Waals surface area contributed by atoms with Gasteiger partial charge in [0, 0.05) is 12.8 Å². The van der Waals surface area contributed by atoms with Gasteiger partial charge in [0.2, 0.25) is 0 Å². The normalized spacial score (nSPS) is 21.6. The molecule has 2 atom stereocenters. The minimum Gasteiger partial charge on any atom is -0.330 e. The number of hydrogen-bond acceptors (Lipinski definition) is 12. The SMILES string of the molecule is O=C(CCCCCC(=O)ON1C(=O)C[C@H](S(=O)(=O)O)C1=O)ON1C(=O)C[C@H](S(=O)(=O)O)C1=O. The van der Waals surface area contributed by atoms with Gasteiger partial charge in [-0.1, -0.05) is 6.42 Å². The molecule has 0 aromatic carbocycles. The molecule has 0 aromatic rings. The molecule has 0 aliphatic carbocycles. The van der Waals surface area contributed by atoms with Crippen molar-refractivity contribution in [2.45, 2.75) is 55.4 Å². The van der Waals surface area contributed by atoms with E-state index in [0.717, 1.165) is 0 Å². The van der Waals surface area contributed by atoms with E-state index in [1.54, 1.807) is 0 Å². The molecular formula is C15H18N2O14S2. The van der Waals surface area contributed by atoms with E-state index in [2.05, 4.69) is 9.68 Å². The predicted molar refractivity (Wildman–Crippen MR) is 98.9 cm³/mol. The molecule has 0 saturated carbocycles. The highest BCUT2D eigenvalue weighted by Gasteiger charge is 2.49. The zero-order valence-corrected chi connectivity index (χ0v) is 18.2. The van der Waals surface area contributed by atoms with Crippen molar-refractivity contribution in [1.82, 2.24) is 10.1 Å². The van der Waals surface area contributed by atoms with Crippen molar-refractivity contribution in [3.8, 4) is 0 Å². The van der Waals surface area contributed by atoms with Gasteiger partial charge in [0.1, 0.15) is 0 Å². The van der Waals surface area contributed by atoms with Gasteiger partial charge in [-0.2, -0.15) is 16.8 Å². The molecule has 0 unspecified atom stereocenters. The Balaban J connectivity index is 1.70. The number of amides is 4. The van der Waals surface area contributed by atoms with Gasteiger partial charge in [-0.3, -0.25) is 28.3 Å². The van der Waals surface area contributed by atoms with Crippen LogP contribution in [0.2, 0.25) is 0 Å². The molecule has 0 spiro atoms. The van der Waals surface area contributed by atoms with Crippen LogP contribution in [0.5, 0.6) is 0 Å². The average molecular weight is 514 g/mol. The zero-order valence-electron chi connectivity index (χ0n) is 16.6. The fourth-order valence-electron chi connectivity index (χ4n) is 2.83. The zero-order chi connectivity index (χ0) is 25.1. The van der Waals surface area contributed by atoms with Crippen LogP contribution in [0.15, 0.2) is 0 Å². The molecule has 2 saturated heterocycles. The number of imide groups is 2. The first-order valence-corrected chi connectivity index (χ1v) is 12.2. The fraction of sp³-hybridized carbons (Fsp3) is 0.600. The quantitative estimate of drug-likeness (QED) is 0.180. The molecule has 184 valence electrons. The molecule has 0 aromatic heterocycles.